The fourth-order valence-electron chi connectivity index (χ4n) is 5.45. The molecule has 4 rings (SSSR count). The molecule has 0 bridgehead atoms. The predicted octanol–water partition coefficient (Wildman–Crippen LogP) is 6.75. The van der Waals surface area contributed by atoms with Crippen LogP contribution in [0.5, 0.6) is 6.01 Å². The smallest absolute Gasteiger partial charge is 0.309 e. The first-order valence-corrected chi connectivity index (χ1v) is 12.9. The maximum absolute atomic E-state index is 14.3. The number of ether oxygens (including phenoxy) is 1. The second-order valence-electron chi connectivity index (χ2n) is 10.2. The van der Waals surface area contributed by atoms with Crippen LogP contribution in [0.15, 0.2) is 24.3 Å². The Balaban J connectivity index is 1.45. The molecule has 7 nitrogen and oxygen atoms in total. The van der Waals surface area contributed by atoms with Gasteiger partial charge in [0.15, 0.2) is 5.65 Å². The van der Waals surface area contributed by atoms with Gasteiger partial charge in [0.25, 0.3) is 6.01 Å². The van der Waals surface area contributed by atoms with Crippen molar-refractivity contribution in [3.05, 3.63) is 46.2 Å². The van der Waals surface area contributed by atoms with E-state index in [1.807, 2.05) is 26.8 Å². The summed E-state index contributed by atoms with van der Waals surface area (Å²) < 4.78 is 20.5. The van der Waals surface area contributed by atoms with Crippen molar-refractivity contribution in [2.75, 3.05) is 5.32 Å². The standard InChI is InChI=1S/C27H34ClFN4O3/c1-5-16-8-7-9-20(29)18(16)15-30-22-19(28)14-21-23(32-22)33-25(31-21)36-17-10-12-27(6-2,13-11-17)26(3,4)24(34)35/h7-9,14,17H,5-6,10-13,15H2,1-4H3,(H,34,35)(H2,30,31,32,33)/t17-,27-. The molecule has 0 saturated heterocycles. The number of carboxylic acids is 1. The predicted molar refractivity (Wildman–Crippen MR) is 139 cm³/mol. The molecule has 1 aliphatic rings. The largest absolute Gasteiger partial charge is 0.481 e. The quantitative estimate of drug-likeness (QED) is 0.291. The summed E-state index contributed by atoms with van der Waals surface area (Å²) in [5.41, 5.74) is 1.57. The van der Waals surface area contributed by atoms with Gasteiger partial charge >= 0.3 is 5.97 Å². The average Bonchev–Trinajstić information content (AvgIpc) is 3.24. The van der Waals surface area contributed by atoms with Gasteiger partial charge < -0.3 is 20.1 Å². The molecule has 0 atom stereocenters. The zero-order valence-corrected chi connectivity index (χ0v) is 22.0. The highest BCUT2D eigenvalue weighted by molar-refractivity contribution is 6.33. The number of aromatic amines is 1. The lowest BCUT2D eigenvalue weighted by molar-refractivity contribution is -0.159. The summed E-state index contributed by atoms with van der Waals surface area (Å²) in [4.78, 5) is 24.0. The Bertz CT molecular complexity index is 1250. The highest BCUT2D eigenvalue weighted by Gasteiger charge is 2.50. The number of halogens is 2. The van der Waals surface area contributed by atoms with Gasteiger partial charge in [-0.2, -0.15) is 4.98 Å². The number of H-pyrrole nitrogens is 1. The summed E-state index contributed by atoms with van der Waals surface area (Å²) in [5.74, 6) is -0.594. The Hall–Kier alpha value is -2.87. The van der Waals surface area contributed by atoms with E-state index >= 15 is 0 Å². The number of aryl methyl sites for hydroxylation is 1. The summed E-state index contributed by atoms with van der Waals surface area (Å²) in [5, 5.41) is 13.3. The molecular weight excluding hydrogens is 483 g/mol. The average molecular weight is 517 g/mol. The van der Waals surface area contributed by atoms with Crippen LogP contribution in [0.3, 0.4) is 0 Å². The monoisotopic (exact) mass is 516 g/mol. The molecule has 1 saturated carbocycles. The third kappa shape index (κ3) is 4.88. The first-order chi connectivity index (χ1) is 17.1. The molecule has 0 aliphatic heterocycles. The number of aliphatic carboxylic acids is 1. The summed E-state index contributed by atoms with van der Waals surface area (Å²) >= 11 is 6.44. The van der Waals surface area contributed by atoms with Crippen LogP contribution in [0.4, 0.5) is 10.2 Å². The van der Waals surface area contributed by atoms with E-state index in [2.05, 4.69) is 27.2 Å². The van der Waals surface area contributed by atoms with Gasteiger partial charge in [0.1, 0.15) is 17.7 Å². The van der Waals surface area contributed by atoms with Crippen LogP contribution in [0.1, 0.15) is 70.9 Å². The van der Waals surface area contributed by atoms with E-state index in [4.69, 9.17) is 16.3 Å². The van der Waals surface area contributed by atoms with Gasteiger partial charge in [-0.15, -0.1) is 0 Å². The van der Waals surface area contributed by atoms with Crippen molar-refractivity contribution in [3.8, 4) is 6.01 Å². The SMILES string of the molecule is CCc1cccc(F)c1CNc1nc2nc(O[C@H]3CC[C@](CC)(C(C)(C)C(=O)O)CC3)[nH]c2cc1Cl. The molecule has 194 valence electrons. The van der Waals surface area contributed by atoms with Gasteiger partial charge in [-0.25, -0.2) is 9.37 Å². The lowest BCUT2D eigenvalue weighted by Crippen LogP contribution is -2.47. The summed E-state index contributed by atoms with van der Waals surface area (Å²) in [6.45, 7) is 7.98. The van der Waals surface area contributed by atoms with Gasteiger partial charge in [-0.3, -0.25) is 4.79 Å². The molecule has 0 unspecified atom stereocenters. The van der Waals surface area contributed by atoms with Crippen molar-refractivity contribution in [3.63, 3.8) is 0 Å². The van der Waals surface area contributed by atoms with Crippen LogP contribution in [-0.4, -0.2) is 32.1 Å². The third-order valence-corrected chi connectivity index (χ3v) is 8.43. The number of imidazole rings is 1. The van der Waals surface area contributed by atoms with Crippen molar-refractivity contribution in [2.24, 2.45) is 10.8 Å². The zero-order valence-electron chi connectivity index (χ0n) is 21.3. The van der Waals surface area contributed by atoms with Crippen molar-refractivity contribution in [2.45, 2.75) is 78.9 Å². The highest BCUT2D eigenvalue weighted by atomic mass is 35.5. The van der Waals surface area contributed by atoms with Crippen LogP contribution >= 0.6 is 11.6 Å². The highest BCUT2D eigenvalue weighted by Crippen LogP contribution is 2.52. The summed E-state index contributed by atoms with van der Waals surface area (Å²) in [6.07, 6.45) is 4.55. The number of anilines is 1. The lowest BCUT2D eigenvalue weighted by atomic mass is 9.57. The van der Waals surface area contributed by atoms with Gasteiger partial charge in [-0.05, 0) is 75.5 Å². The number of fused-ring (bicyclic) bond motifs is 1. The molecular formula is C27H34ClFN4O3. The number of pyridine rings is 1. The summed E-state index contributed by atoms with van der Waals surface area (Å²) in [6, 6.07) is 7.16. The molecule has 0 radical (unpaired) electrons. The van der Waals surface area contributed by atoms with Crippen LogP contribution in [0, 0.1) is 16.6 Å². The van der Waals surface area contributed by atoms with E-state index in [1.165, 1.54) is 6.07 Å². The minimum absolute atomic E-state index is 0.0589. The van der Waals surface area contributed by atoms with Gasteiger partial charge in [0.2, 0.25) is 0 Å². The Morgan fingerprint density at radius 2 is 2.03 bits per heavy atom. The normalized spacial score (nSPS) is 20.4. The van der Waals surface area contributed by atoms with Crippen molar-refractivity contribution >= 4 is 34.6 Å². The topological polar surface area (TPSA) is 100 Å². The van der Waals surface area contributed by atoms with Crippen molar-refractivity contribution in [1.82, 2.24) is 15.0 Å². The van der Waals surface area contributed by atoms with Crippen LogP contribution in [0.2, 0.25) is 5.02 Å². The van der Waals surface area contributed by atoms with Crippen LogP contribution in [-0.2, 0) is 17.8 Å². The first kappa shape index (κ1) is 26.2. The summed E-state index contributed by atoms with van der Waals surface area (Å²) in [7, 11) is 0. The number of rotatable bonds is 9. The molecule has 3 aromatic rings. The van der Waals surface area contributed by atoms with E-state index in [9.17, 15) is 14.3 Å². The van der Waals surface area contributed by atoms with E-state index < -0.39 is 11.4 Å². The molecule has 1 aliphatic carbocycles. The zero-order chi connectivity index (χ0) is 26.1. The molecule has 1 fully saturated rings. The second kappa shape index (κ2) is 10.2. The van der Waals surface area contributed by atoms with Crippen molar-refractivity contribution in [1.29, 1.82) is 0 Å². The number of nitrogens with zero attached hydrogens (tertiary/aromatic N) is 2. The number of carbonyl (C=O) groups is 1. The third-order valence-electron chi connectivity index (χ3n) is 8.14. The Kier molecular flexibility index (Phi) is 7.46. The Morgan fingerprint density at radius 3 is 2.67 bits per heavy atom. The van der Waals surface area contributed by atoms with Gasteiger partial charge in [0, 0.05) is 12.1 Å². The number of aromatic nitrogens is 3. The number of hydrogen-bond acceptors (Lipinski definition) is 5. The number of nitrogens with one attached hydrogen (secondary N) is 2. The lowest BCUT2D eigenvalue weighted by Gasteiger charge is -2.47. The molecule has 2 aromatic heterocycles. The molecule has 2 heterocycles. The van der Waals surface area contributed by atoms with Crippen LogP contribution in [0.25, 0.3) is 11.2 Å². The molecule has 36 heavy (non-hydrogen) atoms. The Morgan fingerprint density at radius 1 is 1.31 bits per heavy atom. The first-order valence-electron chi connectivity index (χ1n) is 12.6. The maximum Gasteiger partial charge on any atom is 0.309 e. The maximum atomic E-state index is 14.3. The van der Waals surface area contributed by atoms with E-state index in [1.54, 1.807) is 12.1 Å². The molecule has 3 N–H and O–H groups in total. The second-order valence-corrected chi connectivity index (χ2v) is 10.6. The molecule has 0 amide bonds. The van der Waals surface area contributed by atoms with Gasteiger partial charge in [0.05, 0.1) is 16.0 Å². The van der Waals surface area contributed by atoms with Crippen LogP contribution < -0.4 is 10.1 Å². The fraction of sp³-hybridized carbons (Fsp3) is 0.519. The number of benzene rings is 1. The fourth-order valence-corrected chi connectivity index (χ4v) is 5.67. The minimum atomic E-state index is -0.795. The number of carboxylic acid groups (broad SMARTS) is 1. The van der Waals surface area contributed by atoms with Crippen molar-refractivity contribution < 1.29 is 19.0 Å². The van der Waals surface area contributed by atoms with E-state index in [0.29, 0.717) is 33.6 Å². The van der Waals surface area contributed by atoms with E-state index in [-0.39, 0.29) is 23.9 Å². The number of hydrogen-bond donors (Lipinski definition) is 3. The van der Waals surface area contributed by atoms with Gasteiger partial charge in [-0.1, -0.05) is 37.6 Å². The Labute approximate surface area is 215 Å². The molecule has 0 spiro atoms. The van der Waals surface area contributed by atoms with E-state index in [0.717, 1.165) is 44.1 Å². The minimum Gasteiger partial charge on any atom is -0.481 e. The molecule has 1 aromatic carbocycles. The molecule has 9 heteroatoms.